The van der Waals surface area contributed by atoms with Crippen LogP contribution in [0.4, 0.5) is 4.39 Å². The molecule has 1 aromatic carbocycles. The van der Waals surface area contributed by atoms with Gasteiger partial charge in [0.2, 0.25) is 0 Å². The molecule has 0 radical (unpaired) electrons. The first kappa shape index (κ1) is 17.7. The van der Waals surface area contributed by atoms with Crippen LogP contribution in [-0.4, -0.2) is 32.1 Å². The lowest BCUT2D eigenvalue weighted by atomic mass is 10.3. The average Bonchev–Trinajstić information content (AvgIpc) is 2.37. The Kier molecular flexibility index (Phi) is 9.84. The van der Waals surface area contributed by atoms with Crippen molar-refractivity contribution in [1.29, 1.82) is 0 Å². The number of halogens is 2. The first-order chi connectivity index (χ1) is 8.74. The second-order valence-corrected chi connectivity index (χ2v) is 3.82. The summed E-state index contributed by atoms with van der Waals surface area (Å²) in [5, 5.41) is 5.84. The quantitative estimate of drug-likeness (QED) is 0.717. The molecule has 0 unspecified atom stereocenters. The van der Waals surface area contributed by atoms with E-state index in [1.54, 1.807) is 12.1 Å². The molecule has 4 nitrogen and oxygen atoms in total. The molecule has 1 amide bonds. The van der Waals surface area contributed by atoms with Gasteiger partial charge in [0.15, 0.2) is 18.2 Å². The molecule has 19 heavy (non-hydrogen) atoms. The van der Waals surface area contributed by atoms with E-state index in [9.17, 15) is 9.18 Å². The van der Waals surface area contributed by atoms with Crippen molar-refractivity contribution < 1.29 is 13.9 Å². The van der Waals surface area contributed by atoms with Crippen molar-refractivity contribution in [2.45, 2.75) is 13.3 Å². The molecule has 108 valence electrons. The molecule has 0 aromatic heterocycles. The Hall–Kier alpha value is -1.33. The summed E-state index contributed by atoms with van der Waals surface area (Å²) in [6.45, 7) is 4.10. The van der Waals surface area contributed by atoms with Gasteiger partial charge in [-0.2, -0.15) is 0 Å². The van der Waals surface area contributed by atoms with Crippen LogP contribution in [0.1, 0.15) is 13.3 Å². The Balaban J connectivity index is 0.00000324. The molecular formula is C13H20ClFN2O2. The van der Waals surface area contributed by atoms with E-state index in [1.807, 2.05) is 0 Å². The number of carbonyl (C=O) groups is 1. The first-order valence-corrected chi connectivity index (χ1v) is 6.08. The first-order valence-electron chi connectivity index (χ1n) is 6.08. The van der Waals surface area contributed by atoms with Gasteiger partial charge in [0.1, 0.15) is 0 Å². The van der Waals surface area contributed by atoms with Crippen molar-refractivity contribution in [2.24, 2.45) is 0 Å². The van der Waals surface area contributed by atoms with Crippen LogP contribution in [0.5, 0.6) is 5.75 Å². The summed E-state index contributed by atoms with van der Waals surface area (Å²) in [7, 11) is 0. The Labute approximate surface area is 119 Å². The van der Waals surface area contributed by atoms with Crippen molar-refractivity contribution in [1.82, 2.24) is 10.6 Å². The van der Waals surface area contributed by atoms with Crippen LogP contribution in [0.15, 0.2) is 24.3 Å². The Morgan fingerprint density at radius 2 is 2.00 bits per heavy atom. The largest absolute Gasteiger partial charge is 0.481 e. The molecule has 6 heteroatoms. The molecule has 1 rings (SSSR count). The fourth-order valence-electron chi connectivity index (χ4n) is 1.35. The minimum Gasteiger partial charge on any atom is -0.481 e. The summed E-state index contributed by atoms with van der Waals surface area (Å²) in [6.07, 6.45) is 1.06. The molecule has 2 N–H and O–H groups in total. The minimum absolute atomic E-state index is 0. The van der Waals surface area contributed by atoms with Gasteiger partial charge in [-0.25, -0.2) is 4.39 Å². The highest BCUT2D eigenvalue weighted by Gasteiger charge is 2.05. The van der Waals surface area contributed by atoms with E-state index in [0.717, 1.165) is 19.5 Å². The van der Waals surface area contributed by atoms with Gasteiger partial charge < -0.3 is 15.4 Å². The normalized spacial score (nSPS) is 9.58. The summed E-state index contributed by atoms with van der Waals surface area (Å²) in [4.78, 5) is 11.4. The monoisotopic (exact) mass is 290 g/mol. The summed E-state index contributed by atoms with van der Waals surface area (Å²) in [5.74, 6) is -0.622. The average molecular weight is 291 g/mol. The summed E-state index contributed by atoms with van der Waals surface area (Å²) in [5.41, 5.74) is 0. The van der Waals surface area contributed by atoms with Crippen LogP contribution < -0.4 is 15.4 Å². The van der Waals surface area contributed by atoms with Crippen LogP contribution in [0.25, 0.3) is 0 Å². The van der Waals surface area contributed by atoms with E-state index < -0.39 is 5.82 Å². The van der Waals surface area contributed by atoms with Gasteiger partial charge >= 0.3 is 0 Å². The third-order valence-corrected chi connectivity index (χ3v) is 2.25. The molecule has 0 bridgehead atoms. The molecule has 0 spiro atoms. The van der Waals surface area contributed by atoms with Crippen LogP contribution in [-0.2, 0) is 4.79 Å². The van der Waals surface area contributed by atoms with E-state index in [-0.39, 0.29) is 30.7 Å². The number of hydrogen-bond acceptors (Lipinski definition) is 3. The lowest BCUT2D eigenvalue weighted by Gasteiger charge is -2.08. The van der Waals surface area contributed by atoms with Crippen molar-refractivity contribution in [3.05, 3.63) is 30.1 Å². The van der Waals surface area contributed by atoms with Gasteiger partial charge in [0.05, 0.1) is 0 Å². The fourth-order valence-corrected chi connectivity index (χ4v) is 1.35. The van der Waals surface area contributed by atoms with Gasteiger partial charge in [0, 0.05) is 13.1 Å². The molecule has 0 saturated carbocycles. The molecule has 1 aromatic rings. The Morgan fingerprint density at radius 3 is 2.68 bits per heavy atom. The zero-order valence-electron chi connectivity index (χ0n) is 10.9. The van der Waals surface area contributed by atoms with Gasteiger partial charge in [-0.1, -0.05) is 19.1 Å². The number of ether oxygens (including phenoxy) is 1. The number of carbonyl (C=O) groups excluding carboxylic acids is 1. The van der Waals surface area contributed by atoms with Crippen LogP contribution in [0, 0.1) is 5.82 Å². The zero-order valence-corrected chi connectivity index (χ0v) is 11.8. The molecule has 0 aliphatic carbocycles. The number of nitrogens with one attached hydrogen (secondary N) is 2. The third kappa shape index (κ3) is 7.64. The highest BCUT2D eigenvalue weighted by molar-refractivity contribution is 5.85. The van der Waals surface area contributed by atoms with Crippen molar-refractivity contribution >= 4 is 18.3 Å². The zero-order chi connectivity index (χ0) is 13.2. The Morgan fingerprint density at radius 1 is 1.26 bits per heavy atom. The van der Waals surface area contributed by atoms with Gasteiger partial charge in [0.25, 0.3) is 5.91 Å². The fraction of sp³-hybridized carbons (Fsp3) is 0.462. The maximum atomic E-state index is 13.2. The lowest BCUT2D eigenvalue weighted by Crippen LogP contribution is -2.35. The third-order valence-electron chi connectivity index (χ3n) is 2.25. The maximum Gasteiger partial charge on any atom is 0.257 e. The van der Waals surface area contributed by atoms with E-state index >= 15 is 0 Å². The molecule has 0 fully saturated rings. The standard InChI is InChI=1S/C13H19FN2O2.ClH/c1-2-7-15-8-9-16-13(17)10-18-12-6-4-3-5-11(12)14;/h3-6,15H,2,7-10H2,1H3,(H,16,17);1H. The molecular weight excluding hydrogens is 271 g/mol. The summed E-state index contributed by atoms with van der Waals surface area (Å²) < 4.78 is 18.2. The smallest absolute Gasteiger partial charge is 0.257 e. The lowest BCUT2D eigenvalue weighted by molar-refractivity contribution is -0.123. The van der Waals surface area contributed by atoms with Gasteiger partial charge in [-0.3, -0.25) is 4.79 Å². The summed E-state index contributed by atoms with van der Waals surface area (Å²) >= 11 is 0. The van der Waals surface area contributed by atoms with Crippen LogP contribution in [0.2, 0.25) is 0 Å². The molecule has 0 aliphatic rings. The molecule has 0 saturated heterocycles. The number of rotatable bonds is 8. The van der Waals surface area contributed by atoms with E-state index in [2.05, 4.69) is 17.6 Å². The van der Waals surface area contributed by atoms with E-state index in [1.165, 1.54) is 12.1 Å². The second-order valence-electron chi connectivity index (χ2n) is 3.82. The SMILES string of the molecule is CCCNCCNC(=O)COc1ccccc1F.Cl. The predicted molar refractivity (Wildman–Crippen MR) is 75.3 cm³/mol. The van der Waals surface area contributed by atoms with E-state index in [4.69, 9.17) is 4.74 Å². The van der Waals surface area contributed by atoms with Gasteiger partial charge in [-0.05, 0) is 25.1 Å². The predicted octanol–water partition coefficient (Wildman–Crippen LogP) is 1.74. The molecule has 0 aliphatic heterocycles. The van der Waals surface area contributed by atoms with Crippen LogP contribution >= 0.6 is 12.4 Å². The number of benzene rings is 1. The Bertz CT molecular complexity index is 377. The topological polar surface area (TPSA) is 50.4 Å². The molecule has 0 heterocycles. The van der Waals surface area contributed by atoms with E-state index in [0.29, 0.717) is 6.54 Å². The highest BCUT2D eigenvalue weighted by Crippen LogP contribution is 2.14. The number of amides is 1. The second kappa shape index (κ2) is 10.6. The van der Waals surface area contributed by atoms with Crippen molar-refractivity contribution in [3.63, 3.8) is 0 Å². The minimum atomic E-state index is -0.463. The van der Waals surface area contributed by atoms with Crippen LogP contribution in [0.3, 0.4) is 0 Å². The summed E-state index contributed by atoms with van der Waals surface area (Å²) in [6, 6.07) is 6.01. The number of hydrogen-bond donors (Lipinski definition) is 2. The molecule has 0 atom stereocenters. The maximum absolute atomic E-state index is 13.2. The van der Waals surface area contributed by atoms with Crippen molar-refractivity contribution in [3.8, 4) is 5.75 Å². The van der Waals surface area contributed by atoms with Gasteiger partial charge in [-0.15, -0.1) is 12.4 Å². The van der Waals surface area contributed by atoms with Crippen molar-refractivity contribution in [2.75, 3.05) is 26.2 Å². The highest BCUT2D eigenvalue weighted by atomic mass is 35.5. The number of para-hydroxylation sites is 1.